The molecule has 0 aliphatic carbocycles. The number of anilines is 1. The molecule has 0 aliphatic rings. The van der Waals surface area contributed by atoms with E-state index in [0.29, 0.717) is 17.0 Å². The zero-order valence-electron chi connectivity index (χ0n) is 16.5. The summed E-state index contributed by atoms with van der Waals surface area (Å²) in [6.45, 7) is 3.89. The number of rotatable bonds is 5. The van der Waals surface area contributed by atoms with Crippen molar-refractivity contribution in [3.05, 3.63) is 71.7 Å². The summed E-state index contributed by atoms with van der Waals surface area (Å²) < 4.78 is 7.07. The van der Waals surface area contributed by atoms with E-state index in [1.807, 2.05) is 48.5 Å². The number of carbonyl (C=O) groups excluding carboxylic acids is 1. The van der Waals surface area contributed by atoms with Crippen LogP contribution in [0.4, 0.5) is 5.69 Å². The number of hydrogen-bond donors (Lipinski definition) is 1. The van der Waals surface area contributed by atoms with Crippen molar-refractivity contribution in [1.82, 2.24) is 19.8 Å². The average Bonchev–Trinajstić information content (AvgIpc) is 3.19. The summed E-state index contributed by atoms with van der Waals surface area (Å²) in [5, 5.41) is 15.8. The highest BCUT2D eigenvalue weighted by molar-refractivity contribution is 6.03. The summed E-state index contributed by atoms with van der Waals surface area (Å²) in [5.74, 6) is 0.398. The first-order chi connectivity index (χ1) is 14.1. The standard InChI is InChI=1S/C22H21N5O2/c1-4-15-9-11-16(12-10-15)24-22(28)20-14(2)27-21(26-25-20)18(13-23-27)17-7-5-6-8-19(17)29-3/h5-13H,4H2,1-3H3,(H,24,28). The number of aryl methyl sites for hydroxylation is 2. The van der Waals surface area contributed by atoms with Crippen LogP contribution in [0.15, 0.2) is 54.7 Å². The van der Waals surface area contributed by atoms with Gasteiger partial charge in [0, 0.05) is 11.3 Å². The number of amides is 1. The first-order valence-corrected chi connectivity index (χ1v) is 9.37. The predicted molar refractivity (Wildman–Crippen MR) is 111 cm³/mol. The van der Waals surface area contributed by atoms with E-state index in [2.05, 4.69) is 27.5 Å². The minimum atomic E-state index is -0.324. The van der Waals surface area contributed by atoms with Gasteiger partial charge in [0.25, 0.3) is 5.91 Å². The van der Waals surface area contributed by atoms with Gasteiger partial charge in [0.15, 0.2) is 11.3 Å². The number of benzene rings is 2. The predicted octanol–water partition coefficient (Wildman–Crippen LogP) is 3.92. The maximum atomic E-state index is 12.7. The van der Waals surface area contributed by atoms with Crippen molar-refractivity contribution in [2.45, 2.75) is 20.3 Å². The maximum Gasteiger partial charge on any atom is 0.278 e. The van der Waals surface area contributed by atoms with Crippen LogP contribution >= 0.6 is 0 Å². The third kappa shape index (κ3) is 3.42. The van der Waals surface area contributed by atoms with Crippen LogP contribution in [0, 0.1) is 6.92 Å². The van der Waals surface area contributed by atoms with Gasteiger partial charge in [0.1, 0.15) is 5.75 Å². The summed E-state index contributed by atoms with van der Waals surface area (Å²) in [6.07, 6.45) is 2.66. The number of fused-ring (bicyclic) bond motifs is 1. The highest BCUT2D eigenvalue weighted by Crippen LogP contribution is 2.32. The van der Waals surface area contributed by atoms with Gasteiger partial charge in [0.2, 0.25) is 0 Å². The summed E-state index contributed by atoms with van der Waals surface area (Å²) >= 11 is 0. The molecule has 0 bridgehead atoms. The van der Waals surface area contributed by atoms with E-state index >= 15 is 0 Å². The Labute approximate surface area is 168 Å². The van der Waals surface area contributed by atoms with Crippen LogP contribution in [0.1, 0.15) is 28.7 Å². The van der Waals surface area contributed by atoms with Gasteiger partial charge in [-0.05, 0) is 37.1 Å². The van der Waals surface area contributed by atoms with Crippen molar-refractivity contribution < 1.29 is 9.53 Å². The van der Waals surface area contributed by atoms with Gasteiger partial charge < -0.3 is 10.1 Å². The Hall–Kier alpha value is -3.74. The number of carbonyl (C=O) groups is 1. The molecule has 0 saturated carbocycles. The summed E-state index contributed by atoms with van der Waals surface area (Å²) in [7, 11) is 1.62. The molecule has 2 aromatic heterocycles. The number of nitrogens with zero attached hydrogens (tertiary/aromatic N) is 4. The normalized spacial score (nSPS) is 10.9. The maximum absolute atomic E-state index is 12.7. The van der Waals surface area contributed by atoms with E-state index < -0.39 is 0 Å². The van der Waals surface area contributed by atoms with Crippen LogP contribution in [0.3, 0.4) is 0 Å². The molecular weight excluding hydrogens is 366 g/mol. The fourth-order valence-electron chi connectivity index (χ4n) is 3.23. The molecule has 4 aromatic rings. The van der Waals surface area contributed by atoms with Crippen LogP contribution in [-0.2, 0) is 6.42 Å². The van der Waals surface area contributed by atoms with Gasteiger partial charge in [-0.25, -0.2) is 4.52 Å². The van der Waals surface area contributed by atoms with E-state index in [4.69, 9.17) is 4.74 Å². The molecule has 0 saturated heterocycles. The van der Waals surface area contributed by atoms with Crippen molar-refractivity contribution in [1.29, 1.82) is 0 Å². The first kappa shape index (κ1) is 18.6. The van der Waals surface area contributed by atoms with Crippen molar-refractivity contribution in [2.24, 2.45) is 0 Å². The summed E-state index contributed by atoms with van der Waals surface area (Å²) in [4.78, 5) is 12.7. The molecule has 0 spiro atoms. The SMILES string of the molecule is CCc1ccc(NC(=O)c2nnc3c(-c4ccccc4OC)cnn3c2C)cc1. The van der Waals surface area contributed by atoms with Crippen LogP contribution in [0.5, 0.6) is 5.75 Å². The fraction of sp³-hybridized carbons (Fsp3) is 0.182. The van der Waals surface area contributed by atoms with Crippen LogP contribution in [-0.4, -0.2) is 32.8 Å². The quantitative estimate of drug-likeness (QED) is 0.561. The van der Waals surface area contributed by atoms with Gasteiger partial charge in [-0.2, -0.15) is 5.10 Å². The molecule has 7 nitrogen and oxygen atoms in total. The summed E-state index contributed by atoms with van der Waals surface area (Å²) in [5.41, 5.74) is 4.98. The Kier molecular flexibility index (Phi) is 4.95. The van der Waals surface area contributed by atoms with Crippen LogP contribution in [0.2, 0.25) is 0 Å². The van der Waals surface area contributed by atoms with Crippen molar-refractivity contribution in [3.63, 3.8) is 0 Å². The van der Waals surface area contributed by atoms with Gasteiger partial charge >= 0.3 is 0 Å². The monoisotopic (exact) mass is 387 g/mol. The molecule has 1 N–H and O–H groups in total. The Morgan fingerprint density at radius 1 is 1.07 bits per heavy atom. The molecule has 7 heteroatoms. The minimum Gasteiger partial charge on any atom is -0.496 e. The number of methoxy groups -OCH3 is 1. The Bertz CT molecular complexity index is 1180. The van der Waals surface area contributed by atoms with Gasteiger partial charge in [-0.1, -0.05) is 37.3 Å². The largest absolute Gasteiger partial charge is 0.496 e. The molecule has 0 unspecified atom stereocenters. The zero-order chi connectivity index (χ0) is 20.4. The first-order valence-electron chi connectivity index (χ1n) is 9.37. The number of para-hydroxylation sites is 1. The van der Waals surface area contributed by atoms with Crippen LogP contribution < -0.4 is 10.1 Å². The molecule has 2 heterocycles. The molecule has 0 fully saturated rings. The van der Waals surface area contributed by atoms with E-state index in [1.54, 1.807) is 24.7 Å². The minimum absolute atomic E-state index is 0.228. The Morgan fingerprint density at radius 3 is 2.55 bits per heavy atom. The second-order valence-electron chi connectivity index (χ2n) is 6.63. The van der Waals surface area contributed by atoms with Crippen LogP contribution in [0.25, 0.3) is 16.8 Å². The van der Waals surface area contributed by atoms with Gasteiger partial charge in [-0.3, -0.25) is 4.79 Å². The molecule has 29 heavy (non-hydrogen) atoms. The molecule has 2 aromatic carbocycles. The highest BCUT2D eigenvalue weighted by Gasteiger charge is 2.19. The fourth-order valence-corrected chi connectivity index (χ4v) is 3.23. The average molecular weight is 387 g/mol. The van der Waals surface area contributed by atoms with Crippen molar-refractivity contribution >= 4 is 17.2 Å². The second kappa shape index (κ2) is 7.71. The highest BCUT2D eigenvalue weighted by atomic mass is 16.5. The van der Waals surface area contributed by atoms with Crippen molar-refractivity contribution in [2.75, 3.05) is 12.4 Å². The molecule has 0 aliphatic heterocycles. The lowest BCUT2D eigenvalue weighted by molar-refractivity contribution is 0.102. The number of aromatic nitrogens is 4. The lowest BCUT2D eigenvalue weighted by atomic mass is 10.1. The number of hydrogen-bond acceptors (Lipinski definition) is 5. The number of ether oxygens (including phenoxy) is 1. The summed E-state index contributed by atoms with van der Waals surface area (Å²) in [6, 6.07) is 15.4. The van der Waals surface area contributed by atoms with E-state index in [0.717, 1.165) is 23.3 Å². The Morgan fingerprint density at radius 2 is 1.83 bits per heavy atom. The lowest BCUT2D eigenvalue weighted by Gasteiger charge is -2.09. The van der Waals surface area contributed by atoms with E-state index in [-0.39, 0.29) is 11.6 Å². The molecule has 0 radical (unpaired) electrons. The lowest BCUT2D eigenvalue weighted by Crippen LogP contribution is -2.18. The smallest absolute Gasteiger partial charge is 0.278 e. The molecule has 1 amide bonds. The Balaban J connectivity index is 1.68. The zero-order valence-corrected chi connectivity index (χ0v) is 16.5. The molecule has 4 rings (SSSR count). The topological polar surface area (TPSA) is 81.4 Å². The second-order valence-corrected chi connectivity index (χ2v) is 6.63. The van der Waals surface area contributed by atoms with Gasteiger partial charge in [-0.15, -0.1) is 10.2 Å². The van der Waals surface area contributed by atoms with Crippen molar-refractivity contribution in [3.8, 4) is 16.9 Å². The molecule has 0 atom stereocenters. The molecule has 146 valence electrons. The molecular formula is C22H21N5O2. The van der Waals surface area contributed by atoms with Gasteiger partial charge in [0.05, 0.1) is 24.6 Å². The third-order valence-corrected chi connectivity index (χ3v) is 4.88. The third-order valence-electron chi connectivity index (χ3n) is 4.88. The van der Waals surface area contributed by atoms with E-state index in [9.17, 15) is 4.79 Å². The number of nitrogens with one attached hydrogen (secondary N) is 1. The van der Waals surface area contributed by atoms with E-state index in [1.165, 1.54) is 5.56 Å².